The smallest absolute Gasteiger partial charge is 0.243 e. The molecule has 0 spiro atoms. The Bertz CT molecular complexity index is 854. The van der Waals surface area contributed by atoms with E-state index >= 15 is 0 Å². The zero-order valence-corrected chi connectivity index (χ0v) is 15.2. The van der Waals surface area contributed by atoms with E-state index in [0.29, 0.717) is 15.6 Å². The minimum absolute atomic E-state index is 0.0850. The number of carbonyl (C=O) groups excluding carboxylic acids is 1. The summed E-state index contributed by atoms with van der Waals surface area (Å²) in [5, 5.41) is 12.0. The standard InChI is InChI=1S/C15H12Cl3NO4S/c16-11-3-5-13(6-4-11)24(22,23)19(9-15(20)21)8-10-1-2-12(17)7-14(10)18/h1-7H,8-9H2,(H,20,21)/p-1. The first-order chi connectivity index (χ1) is 11.2. The van der Waals surface area contributed by atoms with Gasteiger partial charge in [0.25, 0.3) is 0 Å². The first-order valence-corrected chi connectivity index (χ1v) is 9.17. The Morgan fingerprint density at radius 3 is 2.12 bits per heavy atom. The molecule has 0 atom stereocenters. The summed E-state index contributed by atoms with van der Waals surface area (Å²) < 4.78 is 26.1. The van der Waals surface area contributed by atoms with Crippen LogP contribution < -0.4 is 5.11 Å². The molecule has 0 saturated heterocycles. The van der Waals surface area contributed by atoms with E-state index in [1.54, 1.807) is 0 Å². The molecule has 0 bridgehead atoms. The summed E-state index contributed by atoms with van der Waals surface area (Å²) in [6.45, 7) is -1.06. The highest BCUT2D eigenvalue weighted by Gasteiger charge is 2.25. The van der Waals surface area contributed by atoms with Gasteiger partial charge in [0.1, 0.15) is 0 Å². The summed E-state index contributed by atoms with van der Waals surface area (Å²) in [7, 11) is -4.08. The van der Waals surface area contributed by atoms with Gasteiger partial charge in [-0.25, -0.2) is 8.42 Å². The molecule has 2 aromatic carbocycles. The van der Waals surface area contributed by atoms with Crippen molar-refractivity contribution in [2.45, 2.75) is 11.4 Å². The Labute approximate surface area is 154 Å². The summed E-state index contributed by atoms with van der Waals surface area (Å²) in [5.41, 5.74) is 0.417. The number of nitrogens with zero attached hydrogens (tertiary/aromatic N) is 1. The molecule has 0 fully saturated rings. The number of carboxylic acids is 1. The van der Waals surface area contributed by atoms with Crippen LogP contribution in [0.5, 0.6) is 0 Å². The molecular weight excluding hydrogens is 397 g/mol. The lowest BCUT2D eigenvalue weighted by Gasteiger charge is -2.23. The van der Waals surface area contributed by atoms with Crippen molar-refractivity contribution < 1.29 is 18.3 Å². The van der Waals surface area contributed by atoms with Crippen molar-refractivity contribution >= 4 is 50.8 Å². The zero-order chi connectivity index (χ0) is 17.9. The van der Waals surface area contributed by atoms with E-state index in [4.69, 9.17) is 34.8 Å². The van der Waals surface area contributed by atoms with Gasteiger partial charge in [0.2, 0.25) is 10.0 Å². The van der Waals surface area contributed by atoms with E-state index in [2.05, 4.69) is 0 Å². The van der Waals surface area contributed by atoms with Gasteiger partial charge in [-0.05, 0) is 42.0 Å². The first kappa shape index (κ1) is 19.0. The number of aliphatic carboxylic acids is 1. The molecular formula is C15H11Cl3NO4S-. The quantitative estimate of drug-likeness (QED) is 0.737. The van der Waals surface area contributed by atoms with Crippen molar-refractivity contribution in [1.29, 1.82) is 0 Å². The summed E-state index contributed by atoms with van der Waals surface area (Å²) in [4.78, 5) is 10.9. The van der Waals surface area contributed by atoms with Crippen molar-refractivity contribution in [2.75, 3.05) is 6.54 Å². The van der Waals surface area contributed by atoms with Gasteiger partial charge in [-0.2, -0.15) is 4.31 Å². The number of halogens is 3. The van der Waals surface area contributed by atoms with Crippen molar-refractivity contribution in [3.05, 3.63) is 63.1 Å². The maximum atomic E-state index is 12.7. The molecule has 0 aromatic heterocycles. The van der Waals surface area contributed by atoms with Crippen LogP contribution in [0.4, 0.5) is 0 Å². The van der Waals surface area contributed by atoms with Crippen molar-refractivity contribution in [3.8, 4) is 0 Å². The Kier molecular flexibility index (Phi) is 6.11. The third-order valence-corrected chi connectivity index (χ3v) is 5.76. The number of carboxylic acid groups (broad SMARTS) is 1. The van der Waals surface area contributed by atoms with Crippen LogP contribution in [-0.4, -0.2) is 25.2 Å². The predicted octanol–water partition coefficient (Wildman–Crippen LogP) is 2.59. The van der Waals surface area contributed by atoms with Crippen LogP contribution in [0.15, 0.2) is 47.4 Å². The van der Waals surface area contributed by atoms with Gasteiger partial charge < -0.3 is 9.90 Å². The largest absolute Gasteiger partial charge is 0.549 e. The minimum atomic E-state index is -4.08. The third kappa shape index (κ3) is 4.62. The van der Waals surface area contributed by atoms with Gasteiger partial charge in [0.05, 0.1) is 17.4 Å². The van der Waals surface area contributed by atoms with E-state index < -0.39 is 22.5 Å². The lowest BCUT2D eigenvalue weighted by Crippen LogP contribution is -2.41. The van der Waals surface area contributed by atoms with Gasteiger partial charge in [0.15, 0.2) is 0 Å². The molecule has 2 rings (SSSR count). The second-order valence-electron chi connectivity index (χ2n) is 4.83. The van der Waals surface area contributed by atoms with Crippen LogP contribution in [-0.2, 0) is 21.4 Å². The topological polar surface area (TPSA) is 77.5 Å². The zero-order valence-electron chi connectivity index (χ0n) is 12.1. The fourth-order valence-electron chi connectivity index (χ4n) is 1.97. The molecule has 5 nitrogen and oxygen atoms in total. The van der Waals surface area contributed by atoms with Gasteiger partial charge in [-0.3, -0.25) is 0 Å². The molecule has 128 valence electrons. The average molecular weight is 408 g/mol. The van der Waals surface area contributed by atoms with Crippen LogP contribution in [0.25, 0.3) is 0 Å². The van der Waals surface area contributed by atoms with E-state index in [0.717, 1.165) is 4.31 Å². The molecule has 0 amide bonds. The fraction of sp³-hybridized carbons (Fsp3) is 0.133. The summed E-state index contributed by atoms with van der Waals surface area (Å²) in [6.07, 6.45) is 0. The molecule has 0 saturated carbocycles. The monoisotopic (exact) mass is 406 g/mol. The van der Waals surface area contributed by atoms with Crippen molar-refractivity contribution in [1.82, 2.24) is 4.31 Å². The molecule has 0 radical (unpaired) electrons. The van der Waals surface area contributed by atoms with Crippen molar-refractivity contribution in [2.24, 2.45) is 0 Å². The van der Waals surface area contributed by atoms with Crippen LogP contribution >= 0.6 is 34.8 Å². The van der Waals surface area contributed by atoms with Crippen LogP contribution in [0.2, 0.25) is 15.1 Å². The highest BCUT2D eigenvalue weighted by atomic mass is 35.5. The second-order valence-corrected chi connectivity index (χ2v) is 8.05. The Morgan fingerprint density at radius 2 is 1.58 bits per heavy atom. The summed E-state index contributed by atoms with van der Waals surface area (Å²) in [5.74, 6) is -1.53. The number of sulfonamides is 1. The molecule has 0 heterocycles. The number of hydrogen-bond donors (Lipinski definition) is 0. The SMILES string of the molecule is O=C([O-])CN(Cc1ccc(Cl)cc1Cl)S(=O)(=O)c1ccc(Cl)cc1. The maximum Gasteiger partial charge on any atom is 0.243 e. The Morgan fingerprint density at radius 1 is 1.00 bits per heavy atom. The molecule has 24 heavy (non-hydrogen) atoms. The van der Waals surface area contributed by atoms with E-state index in [1.807, 2.05) is 0 Å². The Balaban J connectivity index is 2.40. The van der Waals surface area contributed by atoms with E-state index in [9.17, 15) is 18.3 Å². The van der Waals surface area contributed by atoms with Crippen LogP contribution in [0.1, 0.15) is 5.56 Å². The van der Waals surface area contributed by atoms with E-state index in [-0.39, 0.29) is 16.5 Å². The normalized spacial score (nSPS) is 11.7. The molecule has 0 aliphatic heterocycles. The first-order valence-electron chi connectivity index (χ1n) is 6.59. The highest BCUT2D eigenvalue weighted by molar-refractivity contribution is 7.89. The van der Waals surface area contributed by atoms with Gasteiger partial charge in [-0.15, -0.1) is 0 Å². The third-order valence-electron chi connectivity index (χ3n) is 3.12. The molecule has 0 aliphatic rings. The molecule has 9 heteroatoms. The van der Waals surface area contributed by atoms with Gasteiger partial charge in [0, 0.05) is 21.6 Å². The number of hydrogen-bond acceptors (Lipinski definition) is 4. The Hall–Kier alpha value is -1.31. The van der Waals surface area contributed by atoms with Crippen molar-refractivity contribution in [3.63, 3.8) is 0 Å². The van der Waals surface area contributed by atoms with Crippen LogP contribution in [0, 0.1) is 0 Å². The summed E-state index contributed by atoms with van der Waals surface area (Å²) >= 11 is 17.6. The second kappa shape index (κ2) is 7.72. The average Bonchev–Trinajstić information content (AvgIpc) is 2.49. The minimum Gasteiger partial charge on any atom is -0.549 e. The van der Waals surface area contributed by atoms with Gasteiger partial charge in [-0.1, -0.05) is 40.9 Å². The molecule has 0 aliphatic carbocycles. The maximum absolute atomic E-state index is 12.7. The number of carbonyl (C=O) groups is 1. The molecule has 0 N–H and O–H groups in total. The molecule has 2 aromatic rings. The van der Waals surface area contributed by atoms with E-state index in [1.165, 1.54) is 42.5 Å². The number of rotatable bonds is 6. The van der Waals surface area contributed by atoms with Gasteiger partial charge >= 0.3 is 0 Å². The predicted molar refractivity (Wildman–Crippen MR) is 90.5 cm³/mol. The summed E-state index contributed by atoms with van der Waals surface area (Å²) in [6, 6.07) is 9.92. The lowest BCUT2D eigenvalue weighted by molar-refractivity contribution is -0.305. The highest BCUT2D eigenvalue weighted by Crippen LogP contribution is 2.25. The number of benzene rings is 2. The lowest BCUT2D eigenvalue weighted by atomic mass is 10.2. The fourth-order valence-corrected chi connectivity index (χ4v) is 3.92. The molecule has 0 unspecified atom stereocenters. The van der Waals surface area contributed by atoms with Crippen LogP contribution in [0.3, 0.4) is 0 Å².